The molecule has 1 unspecified atom stereocenters. The number of aryl methyl sites for hydroxylation is 1. The summed E-state index contributed by atoms with van der Waals surface area (Å²) >= 11 is 0. The van der Waals surface area contributed by atoms with Crippen LogP contribution in [-0.2, 0) is 14.6 Å². The number of halogens is 1. The van der Waals surface area contributed by atoms with Gasteiger partial charge in [-0.2, -0.15) is 0 Å². The van der Waals surface area contributed by atoms with Gasteiger partial charge in [-0.05, 0) is 62.7 Å². The van der Waals surface area contributed by atoms with Gasteiger partial charge in [0.15, 0.2) is 16.4 Å². The van der Waals surface area contributed by atoms with Gasteiger partial charge in [0.1, 0.15) is 11.6 Å². The Morgan fingerprint density at radius 1 is 1.16 bits per heavy atom. The fraction of sp³-hybridized carbons (Fsp3) is 0.304. The average Bonchev–Trinajstić information content (AvgIpc) is 3.44. The molecule has 9 heteroatoms. The summed E-state index contributed by atoms with van der Waals surface area (Å²) in [6.07, 6.45) is 0.510. The largest absolute Gasteiger partial charge is 0.451 e. The summed E-state index contributed by atoms with van der Waals surface area (Å²) in [5.74, 6) is -1.06. The molecule has 0 amide bonds. The zero-order chi connectivity index (χ0) is 23.0. The normalized spacial score (nSPS) is 17.4. The van der Waals surface area contributed by atoms with Gasteiger partial charge in [-0.1, -0.05) is 0 Å². The first-order chi connectivity index (χ1) is 15.1. The molecule has 7 nitrogen and oxygen atoms in total. The van der Waals surface area contributed by atoms with Crippen LogP contribution in [0.5, 0.6) is 0 Å². The Kier molecular flexibility index (Phi) is 5.77. The van der Waals surface area contributed by atoms with Gasteiger partial charge < -0.3 is 13.7 Å². The lowest BCUT2D eigenvalue weighted by Gasteiger charge is -2.16. The van der Waals surface area contributed by atoms with Crippen molar-refractivity contribution in [3.05, 3.63) is 71.0 Å². The molecule has 3 heterocycles. The van der Waals surface area contributed by atoms with E-state index in [1.165, 1.54) is 30.3 Å². The van der Waals surface area contributed by atoms with E-state index in [-0.39, 0.29) is 34.9 Å². The molecule has 1 fully saturated rings. The van der Waals surface area contributed by atoms with Gasteiger partial charge in [0.25, 0.3) is 0 Å². The number of nitrogens with zero attached hydrogens (tertiary/aromatic N) is 1. The highest BCUT2D eigenvalue weighted by Gasteiger charge is 2.31. The monoisotopic (exact) mass is 459 g/mol. The van der Waals surface area contributed by atoms with Gasteiger partial charge in [-0.25, -0.2) is 17.6 Å². The molecule has 1 saturated heterocycles. The fourth-order valence-corrected chi connectivity index (χ4v) is 5.80. The summed E-state index contributed by atoms with van der Waals surface area (Å²) in [4.78, 5) is 25.0. The standard InChI is InChI=1S/C23H22FNO6S/c1-14-11-19(15(2)25(14)18-9-10-32(28,29)13-18)20(26)12-30-23(27)22-8-7-21(31-22)16-3-5-17(24)6-4-16/h3-8,11,18H,9-10,12-13H2,1-2H3. The first-order valence-electron chi connectivity index (χ1n) is 10.1. The van der Waals surface area contributed by atoms with E-state index < -0.39 is 22.4 Å². The third kappa shape index (κ3) is 4.38. The molecule has 0 N–H and O–H groups in total. The van der Waals surface area contributed by atoms with Crippen LogP contribution in [0, 0.1) is 19.7 Å². The maximum Gasteiger partial charge on any atom is 0.374 e. The van der Waals surface area contributed by atoms with Gasteiger partial charge in [0, 0.05) is 28.6 Å². The summed E-state index contributed by atoms with van der Waals surface area (Å²) in [6, 6.07) is 10.1. The predicted molar refractivity (Wildman–Crippen MR) is 115 cm³/mol. The number of esters is 1. The highest BCUT2D eigenvalue weighted by atomic mass is 32.2. The molecule has 1 atom stereocenters. The Hall–Kier alpha value is -3.20. The van der Waals surface area contributed by atoms with Crippen LogP contribution >= 0.6 is 0 Å². The van der Waals surface area contributed by atoms with E-state index in [1.54, 1.807) is 19.1 Å². The van der Waals surface area contributed by atoms with Crippen molar-refractivity contribution in [1.82, 2.24) is 4.57 Å². The van der Waals surface area contributed by atoms with E-state index in [2.05, 4.69) is 0 Å². The van der Waals surface area contributed by atoms with Crippen LogP contribution in [0.4, 0.5) is 4.39 Å². The SMILES string of the molecule is Cc1cc(C(=O)COC(=O)c2ccc(-c3ccc(F)cc3)o2)c(C)n1C1CCS(=O)(=O)C1. The lowest BCUT2D eigenvalue weighted by Crippen LogP contribution is -2.16. The number of furan rings is 1. The topological polar surface area (TPSA) is 95.6 Å². The van der Waals surface area contributed by atoms with E-state index in [0.717, 1.165) is 5.69 Å². The van der Waals surface area contributed by atoms with Crippen molar-refractivity contribution in [3.8, 4) is 11.3 Å². The van der Waals surface area contributed by atoms with E-state index >= 15 is 0 Å². The van der Waals surface area contributed by atoms with Crippen LogP contribution in [-0.4, -0.2) is 42.9 Å². The molecular formula is C23H22FNO6S. The number of rotatable bonds is 6. The number of Topliss-reactive ketones (excluding diaryl/α,β-unsaturated/α-hetero) is 1. The Morgan fingerprint density at radius 2 is 1.88 bits per heavy atom. The molecule has 0 spiro atoms. The molecule has 0 radical (unpaired) electrons. The number of sulfone groups is 1. The summed E-state index contributed by atoms with van der Waals surface area (Å²) in [5, 5.41) is 0. The van der Waals surface area contributed by atoms with Crippen molar-refractivity contribution in [1.29, 1.82) is 0 Å². The summed E-state index contributed by atoms with van der Waals surface area (Å²) < 4.78 is 49.2. The summed E-state index contributed by atoms with van der Waals surface area (Å²) in [5.41, 5.74) is 2.44. The van der Waals surface area contributed by atoms with E-state index in [4.69, 9.17) is 9.15 Å². The molecule has 1 aliphatic heterocycles. The van der Waals surface area contributed by atoms with Crippen LogP contribution in [0.2, 0.25) is 0 Å². The van der Waals surface area contributed by atoms with Gasteiger partial charge in [0.05, 0.1) is 11.5 Å². The highest BCUT2D eigenvalue weighted by Crippen LogP contribution is 2.29. The minimum absolute atomic E-state index is 0.0564. The Morgan fingerprint density at radius 3 is 2.53 bits per heavy atom. The Labute approximate surface area is 184 Å². The van der Waals surface area contributed by atoms with Crippen molar-refractivity contribution in [3.63, 3.8) is 0 Å². The van der Waals surface area contributed by atoms with Crippen molar-refractivity contribution in [2.24, 2.45) is 0 Å². The molecule has 0 aliphatic carbocycles. The van der Waals surface area contributed by atoms with Crippen molar-refractivity contribution in [2.75, 3.05) is 18.1 Å². The minimum atomic E-state index is -3.06. The highest BCUT2D eigenvalue weighted by molar-refractivity contribution is 7.91. The molecule has 0 bridgehead atoms. The van der Waals surface area contributed by atoms with Gasteiger partial charge in [0.2, 0.25) is 11.5 Å². The van der Waals surface area contributed by atoms with Crippen LogP contribution < -0.4 is 0 Å². The second kappa shape index (κ2) is 8.38. The number of carbonyl (C=O) groups excluding carboxylic acids is 2. The lowest BCUT2D eigenvalue weighted by molar-refractivity contribution is 0.0444. The summed E-state index contributed by atoms with van der Waals surface area (Å²) in [6.45, 7) is 3.10. The number of ether oxygens (including phenoxy) is 1. The van der Waals surface area contributed by atoms with Crippen molar-refractivity contribution in [2.45, 2.75) is 26.3 Å². The zero-order valence-electron chi connectivity index (χ0n) is 17.6. The fourth-order valence-electron chi connectivity index (χ4n) is 4.10. The molecule has 3 aromatic rings. The zero-order valence-corrected chi connectivity index (χ0v) is 18.4. The average molecular weight is 459 g/mol. The smallest absolute Gasteiger partial charge is 0.374 e. The Bertz CT molecular complexity index is 1290. The number of hydrogen-bond donors (Lipinski definition) is 0. The molecule has 32 heavy (non-hydrogen) atoms. The number of carbonyl (C=O) groups is 2. The molecule has 1 aromatic carbocycles. The van der Waals surface area contributed by atoms with Gasteiger partial charge >= 0.3 is 5.97 Å². The van der Waals surface area contributed by atoms with Crippen molar-refractivity contribution < 1.29 is 31.6 Å². The molecule has 4 rings (SSSR count). The van der Waals surface area contributed by atoms with Gasteiger partial charge in [-0.15, -0.1) is 0 Å². The number of aromatic nitrogens is 1. The second-order valence-electron chi connectivity index (χ2n) is 7.88. The van der Waals surface area contributed by atoms with E-state index in [9.17, 15) is 22.4 Å². The van der Waals surface area contributed by atoms with Crippen LogP contribution in [0.1, 0.15) is 44.8 Å². The lowest BCUT2D eigenvalue weighted by atomic mass is 10.1. The molecule has 1 aliphatic rings. The van der Waals surface area contributed by atoms with E-state index in [0.29, 0.717) is 29.0 Å². The second-order valence-corrected chi connectivity index (χ2v) is 10.1. The molecular weight excluding hydrogens is 437 g/mol. The maximum atomic E-state index is 13.1. The van der Waals surface area contributed by atoms with E-state index in [1.807, 2.05) is 11.5 Å². The molecule has 168 valence electrons. The maximum absolute atomic E-state index is 13.1. The predicted octanol–water partition coefficient (Wildman–Crippen LogP) is 3.90. The van der Waals surface area contributed by atoms with Crippen LogP contribution in [0.15, 0.2) is 46.9 Å². The quantitative estimate of drug-likeness (QED) is 0.410. The van der Waals surface area contributed by atoms with Gasteiger partial charge in [-0.3, -0.25) is 4.79 Å². The molecule has 2 aromatic heterocycles. The van der Waals surface area contributed by atoms with Crippen molar-refractivity contribution >= 4 is 21.6 Å². The van der Waals surface area contributed by atoms with Crippen LogP contribution in [0.3, 0.4) is 0 Å². The number of hydrogen-bond acceptors (Lipinski definition) is 6. The first-order valence-corrected chi connectivity index (χ1v) is 11.9. The van der Waals surface area contributed by atoms with Crippen LogP contribution in [0.25, 0.3) is 11.3 Å². The third-order valence-electron chi connectivity index (χ3n) is 5.63. The number of benzene rings is 1. The summed E-state index contributed by atoms with van der Waals surface area (Å²) in [7, 11) is -3.06. The molecule has 0 saturated carbocycles. The number of ketones is 1. The minimum Gasteiger partial charge on any atom is -0.451 e. The first kappa shape index (κ1) is 22.0. The third-order valence-corrected chi connectivity index (χ3v) is 7.38. The Balaban J connectivity index is 1.43.